The van der Waals surface area contributed by atoms with E-state index in [-0.39, 0.29) is 27.7 Å². The third-order valence-electron chi connectivity index (χ3n) is 2.44. The molecule has 0 aromatic heterocycles. The van der Waals surface area contributed by atoms with Gasteiger partial charge in [-0.2, -0.15) is 0 Å². The summed E-state index contributed by atoms with van der Waals surface area (Å²) in [5.41, 5.74) is -0.0895. The van der Waals surface area contributed by atoms with Gasteiger partial charge in [0.05, 0.1) is 14.8 Å². The molecule has 0 aliphatic heterocycles. The van der Waals surface area contributed by atoms with Crippen LogP contribution in [0.5, 0.6) is 0 Å². The van der Waals surface area contributed by atoms with Crippen LogP contribution in [0.1, 0.15) is 12.0 Å². The number of hydrogen-bond acceptors (Lipinski definition) is 4. The van der Waals surface area contributed by atoms with Crippen molar-refractivity contribution in [2.75, 3.05) is 6.54 Å². The maximum absolute atomic E-state index is 11.9. The molecule has 0 aliphatic carbocycles. The summed E-state index contributed by atoms with van der Waals surface area (Å²) in [6.07, 6.45) is 2.02. The van der Waals surface area contributed by atoms with Gasteiger partial charge < -0.3 is 0 Å². The Balaban J connectivity index is 3.21. The Morgan fingerprint density at radius 2 is 2.16 bits per heavy atom. The molecule has 0 atom stereocenters. The fourth-order valence-corrected chi connectivity index (χ4v) is 2.74. The van der Waals surface area contributed by atoms with Gasteiger partial charge in [0.1, 0.15) is 0 Å². The van der Waals surface area contributed by atoms with E-state index in [1.54, 1.807) is 6.08 Å². The average molecular weight is 305 g/mol. The van der Waals surface area contributed by atoms with Crippen LogP contribution in [-0.4, -0.2) is 19.9 Å². The Morgan fingerprint density at radius 3 is 2.68 bits per heavy atom. The molecule has 0 radical (unpaired) electrons. The van der Waals surface area contributed by atoms with Crippen LogP contribution in [-0.2, 0) is 10.0 Å². The SMILES string of the molecule is C=CCCNS(=O)(=O)c1cc(Cl)c(C)c([N+](=O)[O-])c1. The van der Waals surface area contributed by atoms with Gasteiger partial charge in [0.2, 0.25) is 10.0 Å². The highest BCUT2D eigenvalue weighted by Gasteiger charge is 2.21. The number of rotatable bonds is 6. The minimum atomic E-state index is -3.81. The third-order valence-corrected chi connectivity index (χ3v) is 4.27. The zero-order chi connectivity index (χ0) is 14.6. The third kappa shape index (κ3) is 3.76. The van der Waals surface area contributed by atoms with Gasteiger partial charge in [-0.15, -0.1) is 6.58 Å². The van der Waals surface area contributed by atoms with Crippen LogP contribution in [0.15, 0.2) is 29.7 Å². The zero-order valence-corrected chi connectivity index (χ0v) is 11.8. The second-order valence-electron chi connectivity index (χ2n) is 3.78. The molecule has 0 amide bonds. The Kier molecular flexibility index (Phi) is 5.04. The molecule has 0 fully saturated rings. The number of sulfonamides is 1. The predicted octanol–water partition coefficient (Wildman–Crippen LogP) is 2.41. The number of nitro groups is 1. The molecule has 1 aromatic rings. The molecule has 0 bridgehead atoms. The van der Waals surface area contributed by atoms with Gasteiger partial charge in [-0.05, 0) is 19.4 Å². The minimum absolute atomic E-state index is 0.0401. The van der Waals surface area contributed by atoms with Crippen molar-refractivity contribution in [2.45, 2.75) is 18.2 Å². The van der Waals surface area contributed by atoms with Crippen LogP contribution in [0.4, 0.5) is 5.69 Å². The fraction of sp³-hybridized carbons (Fsp3) is 0.273. The fourth-order valence-electron chi connectivity index (χ4n) is 1.36. The van der Waals surface area contributed by atoms with Crippen LogP contribution in [0, 0.1) is 17.0 Å². The van der Waals surface area contributed by atoms with Crippen molar-refractivity contribution in [1.82, 2.24) is 4.72 Å². The lowest BCUT2D eigenvalue weighted by atomic mass is 10.2. The van der Waals surface area contributed by atoms with Gasteiger partial charge in [-0.3, -0.25) is 10.1 Å². The first-order valence-corrected chi connectivity index (χ1v) is 7.21. The van der Waals surface area contributed by atoms with E-state index in [2.05, 4.69) is 11.3 Å². The number of benzene rings is 1. The van der Waals surface area contributed by atoms with E-state index in [9.17, 15) is 18.5 Å². The summed E-state index contributed by atoms with van der Waals surface area (Å²) in [4.78, 5) is 9.95. The molecule has 104 valence electrons. The zero-order valence-electron chi connectivity index (χ0n) is 10.2. The molecular formula is C11H13ClN2O4S. The number of nitrogens with one attached hydrogen (secondary N) is 1. The van der Waals surface area contributed by atoms with E-state index in [1.165, 1.54) is 13.0 Å². The maximum atomic E-state index is 11.9. The van der Waals surface area contributed by atoms with Crippen molar-refractivity contribution < 1.29 is 13.3 Å². The maximum Gasteiger partial charge on any atom is 0.275 e. The van der Waals surface area contributed by atoms with Gasteiger partial charge in [0.15, 0.2) is 0 Å². The standard InChI is InChI=1S/C11H13ClN2O4S/c1-3-4-5-13-19(17,18)9-6-10(12)8(2)11(7-9)14(15)16/h3,6-7,13H,1,4-5H2,2H3. The Bertz CT molecular complexity index is 613. The summed E-state index contributed by atoms with van der Waals surface area (Å²) in [7, 11) is -3.81. The first kappa shape index (κ1) is 15.6. The number of nitrogens with zero attached hydrogens (tertiary/aromatic N) is 1. The molecule has 8 heteroatoms. The smallest absolute Gasteiger partial charge is 0.258 e. The van der Waals surface area contributed by atoms with E-state index in [4.69, 9.17) is 11.6 Å². The highest BCUT2D eigenvalue weighted by Crippen LogP contribution is 2.29. The second kappa shape index (κ2) is 6.14. The highest BCUT2D eigenvalue weighted by atomic mass is 35.5. The summed E-state index contributed by atoms with van der Waals surface area (Å²) in [5, 5.41) is 10.9. The van der Waals surface area contributed by atoms with E-state index in [0.717, 1.165) is 6.07 Å². The van der Waals surface area contributed by atoms with Crippen molar-refractivity contribution in [3.63, 3.8) is 0 Å². The van der Waals surface area contributed by atoms with Crippen LogP contribution < -0.4 is 4.72 Å². The van der Waals surface area contributed by atoms with Crippen molar-refractivity contribution in [3.8, 4) is 0 Å². The molecule has 0 spiro atoms. The summed E-state index contributed by atoms with van der Waals surface area (Å²) in [5.74, 6) is 0. The van der Waals surface area contributed by atoms with Gasteiger partial charge in [-0.1, -0.05) is 17.7 Å². The largest absolute Gasteiger partial charge is 0.275 e. The summed E-state index contributed by atoms with van der Waals surface area (Å²) in [6.45, 7) is 5.10. The van der Waals surface area contributed by atoms with Crippen molar-refractivity contribution in [3.05, 3.63) is 45.5 Å². The molecular weight excluding hydrogens is 292 g/mol. The van der Waals surface area contributed by atoms with E-state index >= 15 is 0 Å². The van der Waals surface area contributed by atoms with Crippen LogP contribution in [0.3, 0.4) is 0 Å². The lowest BCUT2D eigenvalue weighted by Crippen LogP contribution is -2.24. The second-order valence-corrected chi connectivity index (χ2v) is 5.96. The lowest BCUT2D eigenvalue weighted by molar-refractivity contribution is -0.385. The van der Waals surface area contributed by atoms with Crippen molar-refractivity contribution in [1.29, 1.82) is 0 Å². The molecule has 1 rings (SSSR count). The van der Waals surface area contributed by atoms with E-state index < -0.39 is 14.9 Å². The number of nitro benzene ring substituents is 1. The van der Waals surface area contributed by atoms with E-state index in [0.29, 0.717) is 6.42 Å². The van der Waals surface area contributed by atoms with Crippen LogP contribution in [0.25, 0.3) is 0 Å². The molecule has 0 aliphatic rings. The summed E-state index contributed by atoms with van der Waals surface area (Å²) >= 11 is 5.82. The lowest BCUT2D eigenvalue weighted by Gasteiger charge is -2.07. The molecule has 1 N–H and O–H groups in total. The minimum Gasteiger partial charge on any atom is -0.258 e. The van der Waals surface area contributed by atoms with Gasteiger partial charge in [0.25, 0.3) is 5.69 Å². The van der Waals surface area contributed by atoms with Crippen molar-refractivity contribution >= 4 is 27.3 Å². The van der Waals surface area contributed by atoms with E-state index in [1.807, 2.05) is 0 Å². The quantitative estimate of drug-likeness (QED) is 0.378. The number of hydrogen-bond donors (Lipinski definition) is 1. The first-order valence-electron chi connectivity index (χ1n) is 5.34. The predicted molar refractivity (Wildman–Crippen MR) is 72.8 cm³/mol. The van der Waals surface area contributed by atoms with Gasteiger partial charge in [-0.25, -0.2) is 13.1 Å². The van der Waals surface area contributed by atoms with Crippen molar-refractivity contribution in [2.24, 2.45) is 0 Å². The topological polar surface area (TPSA) is 89.3 Å². The average Bonchev–Trinajstić information content (AvgIpc) is 2.32. The Morgan fingerprint density at radius 1 is 1.53 bits per heavy atom. The van der Waals surface area contributed by atoms with Crippen LogP contribution >= 0.6 is 11.6 Å². The summed E-state index contributed by atoms with van der Waals surface area (Å²) < 4.78 is 26.1. The molecule has 0 saturated heterocycles. The molecule has 6 nitrogen and oxygen atoms in total. The highest BCUT2D eigenvalue weighted by molar-refractivity contribution is 7.89. The van der Waals surface area contributed by atoms with Crippen LogP contribution in [0.2, 0.25) is 5.02 Å². The molecule has 0 saturated carbocycles. The van der Waals surface area contributed by atoms with Gasteiger partial charge in [0, 0.05) is 18.2 Å². The normalized spacial score (nSPS) is 11.3. The summed E-state index contributed by atoms with van der Waals surface area (Å²) in [6, 6.07) is 2.19. The molecule has 0 unspecified atom stereocenters. The van der Waals surface area contributed by atoms with Gasteiger partial charge >= 0.3 is 0 Å². The Hall–Kier alpha value is -1.44. The number of halogens is 1. The Labute approximate surface area is 116 Å². The molecule has 0 heterocycles. The first-order chi connectivity index (χ1) is 8.79. The monoisotopic (exact) mass is 304 g/mol. The molecule has 19 heavy (non-hydrogen) atoms. The molecule has 1 aromatic carbocycles.